The van der Waals surface area contributed by atoms with Gasteiger partial charge in [0.1, 0.15) is 11.9 Å². The molecule has 1 aliphatic heterocycles. The van der Waals surface area contributed by atoms with E-state index in [0.717, 1.165) is 106 Å². The van der Waals surface area contributed by atoms with Crippen LogP contribution in [-0.2, 0) is 14.9 Å². The number of rotatable bonds is 9. The van der Waals surface area contributed by atoms with E-state index in [9.17, 15) is 9.59 Å². The molecular formula is C41H54N4O4. The Hall–Kier alpha value is -3.81. The predicted octanol–water partition coefficient (Wildman–Crippen LogP) is 8.72. The van der Waals surface area contributed by atoms with Gasteiger partial charge in [-0.15, -0.1) is 0 Å². The van der Waals surface area contributed by atoms with Gasteiger partial charge in [-0.1, -0.05) is 31.2 Å². The van der Waals surface area contributed by atoms with Crippen molar-refractivity contribution < 1.29 is 19.1 Å². The van der Waals surface area contributed by atoms with Crippen molar-refractivity contribution in [3.63, 3.8) is 0 Å². The highest BCUT2D eigenvalue weighted by atomic mass is 16.6. The Kier molecular flexibility index (Phi) is 9.27. The predicted molar refractivity (Wildman–Crippen MR) is 193 cm³/mol. The molecule has 8 heteroatoms. The van der Waals surface area contributed by atoms with E-state index in [0.29, 0.717) is 5.92 Å². The summed E-state index contributed by atoms with van der Waals surface area (Å²) in [5.41, 5.74) is 6.09. The van der Waals surface area contributed by atoms with E-state index in [2.05, 4.69) is 86.4 Å². The number of aromatic nitrogens is 2. The number of nitrogens with zero attached hydrogens (tertiary/aromatic N) is 4. The van der Waals surface area contributed by atoms with Crippen molar-refractivity contribution in [3.05, 3.63) is 66.0 Å². The number of benzene rings is 2. The Balaban J connectivity index is 1.10. The number of ether oxygens (including phenoxy) is 2. The molecule has 2 bridgehead atoms. The van der Waals surface area contributed by atoms with E-state index in [-0.39, 0.29) is 40.9 Å². The molecular weight excluding hydrogens is 612 g/mol. The molecule has 8 rings (SSSR count). The first kappa shape index (κ1) is 33.7. The minimum absolute atomic E-state index is 0.0729. The zero-order valence-corrected chi connectivity index (χ0v) is 30.1. The number of methoxy groups -OCH3 is 1. The summed E-state index contributed by atoms with van der Waals surface area (Å²) in [7, 11) is 1.74. The second-order valence-corrected chi connectivity index (χ2v) is 16.1. The van der Waals surface area contributed by atoms with Gasteiger partial charge in [0.05, 0.1) is 13.3 Å². The second kappa shape index (κ2) is 13.5. The van der Waals surface area contributed by atoms with Gasteiger partial charge in [0.2, 0.25) is 5.91 Å². The minimum atomic E-state index is -0.193. The van der Waals surface area contributed by atoms with Crippen LogP contribution in [0, 0.1) is 24.2 Å². The molecule has 4 aliphatic carbocycles. The molecule has 2 amide bonds. The molecule has 2 heterocycles. The van der Waals surface area contributed by atoms with E-state index in [1.54, 1.807) is 12.0 Å². The number of anilines is 1. The minimum Gasteiger partial charge on any atom is -0.496 e. The van der Waals surface area contributed by atoms with Gasteiger partial charge >= 0.3 is 6.09 Å². The molecule has 1 saturated heterocycles. The molecule has 262 valence electrons. The lowest BCUT2D eigenvalue weighted by atomic mass is 9.51. The van der Waals surface area contributed by atoms with Crippen LogP contribution in [0.15, 0.2) is 54.9 Å². The number of carbonyl (C=O) groups is 2. The largest absolute Gasteiger partial charge is 0.496 e. The third-order valence-corrected chi connectivity index (χ3v) is 12.4. The first-order valence-electron chi connectivity index (χ1n) is 18.6. The zero-order chi connectivity index (χ0) is 34.3. The molecule has 4 saturated carbocycles. The average Bonchev–Trinajstić information content (AvgIpc) is 3.61. The quantitative estimate of drug-likeness (QED) is 0.228. The fraction of sp³-hybridized carbons (Fsp3) is 0.585. The second-order valence-electron chi connectivity index (χ2n) is 16.1. The third-order valence-electron chi connectivity index (χ3n) is 12.4. The summed E-state index contributed by atoms with van der Waals surface area (Å²) in [6.45, 7) is 10.9. The van der Waals surface area contributed by atoms with Crippen LogP contribution in [-0.4, -0.2) is 59.5 Å². The van der Waals surface area contributed by atoms with Crippen molar-refractivity contribution >= 4 is 17.7 Å². The lowest BCUT2D eigenvalue weighted by molar-refractivity contribution is -0.124. The average molecular weight is 667 g/mol. The molecule has 0 radical (unpaired) electrons. The Morgan fingerprint density at radius 3 is 2.29 bits per heavy atom. The number of carbonyl (C=O) groups excluding carboxylic acids is 2. The van der Waals surface area contributed by atoms with E-state index in [1.165, 1.54) is 11.1 Å². The topological polar surface area (TPSA) is 76.9 Å². The van der Waals surface area contributed by atoms with Crippen molar-refractivity contribution in [2.45, 2.75) is 109 Å². The number of likely N-dealkylation sites (tertiary alicyclic amines) is 1. The summed E-state index contributed by atoms with van der Waals surface area (Å²) in [6.07, 6.45) is 13.5. The Labute approximate surface area is 292 Å². The van der Waals surface area contributed by atoms with Gasteiger partial charge in [0, 0.05) is 49.0 Å². The fourth-order valence-electron chi connectivity index (χ4n) is 9.11. The van der Waals surface area contributed by atoms with Crippen molar-refractivity contribution in [1.29, 1.82) is 0 Å². The normalized spacial score (nSPS) is 26.8. The third kappa shape index (κ3) is 6.72. The summed E-state index contributed by atoms with van der Waals surface area (Å²) in [6, 6.07) is 15.6. The molecule has 0 spiro atoms. The van der Waals surface area contributed by atoms with Gasteiger partial charge < -0.3 is 19.3 Å². The Bertz CT molecular complexity index is 1640. The van der Waals surface area contributed by atoms with E-state index >= 15 is 0 Å². The fourth-order valence-corrected chi connectivity index (χ4v) is 9.11. The van der Waals surface area contributed by atoms with Gasteiger partial charge in [0.25, 0.3) is 0 Å². The highest BCUT2D eigenvalue weighted by molar-refractivity contribution is 5.96. The molecule has 0 atom stereocenters. The molecule has 49 heavy (non-hydrogen) atoms. The molecule has 5 fully saturated rings. The summed E-state index contributed by atoms with van der Waals surface area (Å²) >= 11 is 0. The molecule has 5 aliphatic rings. The van der Waals surface area contributed by atoms with Crippen LogP contribution in [0.1, 0.15) is 102 Å². The van der Waals surface area contributed by atoms with Gasteiger partial charge in [-0.25, -0.2) is 4.79 Å². The molecule has 8 nitrogen and oxygen atoms in total. The van der Waals surface area contributed by atoms with Crippen molar-refractivity contribution in [3.8, 4) is 16.9 Å². The standard InChI is InChI=1S/C41H54N4O4/c1-28(2)45-26-33(23-42-45)32-7-6-8-35(22-32)44(38(46)31-9-12-36(13-10-31)49-39(47)43-24-29(3)25-43)27-40-15-18-41(19-16-40,20-17-40)34-11-14-37(48-5)30(4)21-34/h6-8,11,14,21-23,26,28-29,31,36H,9-10,12-13,15-20,24-25,27H2,1-5H3. The summed E-state index contributed by atoms with van der Waals surface area (Å²) in [4.78, 5) is 31.2. The summed E-state index contributed by atoms with van der Waals surface area (Å²) < 4.78 is 13.4. The van der Waals surface area contributed by atoms with E-state index in [4.69, 9.17) is 9.47 Å². The molecule has 1 aromatic heterocycles. The Morgan fingerprint density at radius 1 is 0.959 bits per heavy atom. The maximum Gasteiger partial charge on any atom is 0.410 e. The number of hydrogen-bond donors (Lipinski definition) is 0. The molecule has 0 unspecified atom stereocenters. The number of amides is 2. The summed E-state index contributed by atoms with van der Waals surface area (Å²) in [5, 5.41) is 4.59. The van der Waals surface area contributed by atoms with Crippen molar-refractivity contribution in [1.82, 2.24) is 14.7 Å². The van der Waals surface area contributed by atoms with E-state index in [1.807, 2.05) is 10.9 Å². The highest BCUT2D eigenvalue weighted by Crippen LogP contribution is 2.58. The highest BCUT2D eigenvalue weighted by Gasteiger charge is 2.50. The molecule has 2 aromatic carbocycles. The smallest absolute Gasteiger partial charge is 0.410 e. The first-order chi connectivity index (χ1) is 23.6. The van der Waals surface area contributed by atoms with Crippen molar-refractivity contribution in [2.24, 2.45) is 17.3 Å². The summed E-state index contributed by atoms with van der Waals surface area (Å²) in [5.74, 6) is 1.65. The van der Waals surface area contributed by atoms with Gasteiger partial charge in [-0.3, -0.25) is 9.48 Å². The monoisotopic (exact) mass is 666 g/mol. The molecule has 3 aromatic rings. The first-order valence-corrected chi connectivity index (χ1v) is 18.6. The van der Waals surface area contributed by atoms with Crippen LogP contribution in [0.25, 0.3) is 11.1 Å². The number of aryl methyl sites for hydroxylation is 1. The van der Waals surface area contributed by atoms with E-state index < -0.39 is 0 Å². The van der Waals surface area contributed by atoms with Crippen molar-refractivity contribution in [2.75, 3.05) is 31.6 Å². The van der Waals surface area contributed by atoms with Gasteiger partial charge in [-0.2, -0.15) is 5.10 Å². The number of hydrogen-bond acceptors (Lipinski definition) is 5. The van der Waals surface area contributed by atoms with Gasteiger partial charge in [-0.05, 0) is 137 Å². The van der Waals surface area contributed by atoms with Crippen LogP contribution in [0.3, 0.4) is 0 Å². The van der Waals surface area contributed by atoms with Crippen LogP contribution in [0.2, 0.25) is 0 Å². The Morgan fingerprint density at radius 2 is 1.67 bits per heavy atom. The van der Waals surface area contributed by atoms with Crippen LogP contribution >= 0.6 is 0 Å². The zero-order valence-electron chi connectivity index (χ0n) is 30.1. The number of fused-ring (bicyclic) bond motifs is 3. The van der Waals surface area contributed by atoms with Gasteiger partial charge in [0.15, 0.2) is 0 Å². The van der Waals surface area contributed by atoms with Crippen LogP contribution in [0.4, 0.5) is 10.5 Å². The molecule has 0 N–H and O–H groups in total. The lowest BCUT2D eigenvalue weighted by Gasteiger charge is -2.55. The maximum absolute atomic E-state index is 14.7. The maximum atomic E-state index is 14.7. The van der Waals surface area contributed by atoms with Crippen LogP contribution < -0.4 is 9.64 Å². The SMILES string of the molecule is COc1ccc(C23CCC(CN(C(=O)C4CCC(OC(=O)N5CC(C)C5)CC4)c4cccc(-c5cnn(C(C)C)c5)c4)(CC2)CC3)cc1C. The van der Waals surface area contributed by atoms with Crippen LogP contribution in [0.5, 0.6) is 5.75 Å². The lowest BCUT2D eigenvalue weighted by Crippen LogP contribution is -2.52.